The Kier molecular flexibility index (Phi) is 4.90. The molecule has 0 fully saturated rings. The molecule has 0 radical (unpaired) electrons. The Morgan fingerprint density at radius 3 is 2.50 bits per heavy atom. The third kappa shape index (κ3) is 2.60. The molecule has 0 heterocycles. The van der Waals surface area contributed by atoms with Crippen LogP contribution in [0.5, 0.6) is 11.5 Å². The van der Waals surface area contributed by atoms with Gasteiger partial charge in [0.1, 0.15) is 16.5 Å². The number of benzene rings is 1. The van der Waals surface area contributed by atoms with E-state index < -0.39 is 0 Å². The molecule has 1 aromatic carbocycles. The normalized spacial score (nSPS) is 12.3. The number of hydrogen-bond donors (Lipinski definition) is 1. The fourth-order valence-corrected chi connectivity index (χ4v) is 2.00. The van der Waals surface area contributed by atoms with E-state index in [1.165, 1.54) is 0 Å². The zero-order chi connectivity index (χ0) is 12.1. The Morgan fingerprint density at radius 1 is 1.31 bits per heavy atom. The number of methoxy groups -OCH3 is 2. The van der Waals surface area contributed by atoms with E-state index in [1.807, 2.05) is 12.1 Å². The SMILES string of the molecule is CCNC(C)c1ccc(OC)c(Cl)c1OC. The summed E-state index contributed by atoms with van der Waals surface area (Å²) in [5.74, 6) is 1.31. The van der Waals surface area contributed by atoms with Gasteiger partial charge in [-0.3, -0.25) is 0 Å². The van der Waals surface area contributed by atoms with Crippen molar-refractivity contribution in [2.45, 2.75) is 19.9 Å². The van der Waals surface area contributed by atoms with E-state index in [1.54, 1.807) is 14.2 Å². The van der Waals surface area contributed by atoms with Crippen LogP contribution < -0.4 is 14.8 Å². The van der Waals surface area contributed by atoms with Crippen LogP contribution in [0.4, 0.5) is 0 Å². The molecule has 90 valence electrons. The Morgan fingerprint density at radius 2 is 2.00 bits per heavy atom. The first-order valence-corrected chi connectivity index (χ1v) is 5.67. The molecule has 16 heavy (non-hydrogen) atoms. The number of rotatable bonds is 5. The van der Waals surface area contributed by atoms with Crippen molar-refractivity contribution in [1.29, 1.82) is 0 Å². The summed E-state index contributed by atoms with van der Waals surface area (Å²) in [6, 6.07) is 4.02. The van der Waals surface area contributed by atoms with Gasteiger partial charge in [-0.25, -0.2) is 0 Å². The standard InChI is InChI=1S/C12H18ClNO2/c1-5-14-8(2)9-6-7-10(15-3)11(13)12(9)16-4/h6-8,14H,5H2,1-4H3. The summed E-state index contributed by atoms with van der Waals surface area (Å²) < 4.78 is 10.5. The maximum atomic E-state index is 6.18. The van der Waals surface area contributed by atoms with Crippen LogP contribution in [0, 0.1) is 0 Å². The monoisotopic (exact) mass is 243 g/mol. The molecule has 1 atom stereocenters. The van der Waals surface area contributed by atoms with Gasteiger partial charge in [-0.2, -0.15) is 0 Å². The number of halogens is 1. The van der Waals surface area contributed by atoms with Crippen LogP contribution in [-0.2, 0) is 0 Å². The minimum Gasteiger partial charge on any atom is -0.495 e. The van der Waals surface area contributed by atoms with Crippen molar-refractivity contribution < 1.29 is 9.47 Å². The molecule has 1 aromatic rings. The lowest BCUT2D eigenvalue weighted by Crippen LogP contribution is -2.18. The number of nitrogens with one attached hydrogen (secondary N) is 1. The molecule has 3 nitrogen and oxygen atoms in total. The second kappa shape index (κ2) is 5.97. The van der Waals surface area contributed by atoms with E-state index in [9.17, 15) is 0 Å². The first-order valence-electron chi connectivity index (χ1n) is 5.29. The van der Waals surface area contributed by atoms with Crippen molar-refractivity contribution in [2.24, 2.45) is 0 Å². The van der Waals surface area contributed by atoms with Crippen LogP contribution in [0.25, 0.3) is 0 Å². The topological polar surface area (TPSA) is 30.5 Å². The smallest absolute Gasteiger partial charge is 0.146 e. The minimum absolute atomic E-state index is 0.198. The molecule has 0 amide bonds. The van der Waals surface area contributed by atoms with Crippen LogP contribution in [0.3, 0.4) is 0 Å². The third-order valence-electron chi connectivity index (χ3n) is 2.49. The number of ether oxygens (including phenoxy) is 2. The molecule has 0 saturated heterocycles. The first-order chi connectivity index (χ1) is 7.65. The van der Waals surface area contributed by atoms with Crippen molar-refractivity contribution in [3.8, 4) is 11.5 Å². The second-order valence-corrected chi connectivity index (χ2v) is 3.86. The van der Waals surface area contributed by atoms with Crippen LogP contribution in [0.2, 0.25) is 5.02 Å². The van der Waals surface area contributed by atoms with Gasteiger partial charge in [-0.15, -0.1) is 0 Å². The predicted molar refractivity (Wildman–Crippen MR) is 66.6 cm³/mol. The van der Waals surface area contributed by atoms with E-state index in [0.717, 1.165) is 12.1 Å². The average Bonchev–Trinajstić information content (AvgIpc) is 2.28. The Labute approximate surface area is 102 Å². The molecule has 1 N–H and O–H groups in total. The molecule has 1 unspecified atom stereocenters. The third-order valence-corrected chi connectivity index (χ3v) is 2.85. The zero-order valence-electron chi connectivity index (χ0n) is 10.1. The Hall–Kier alpha value is -0.930. The predicted octanol–water partition coefficient (Wildman–Crippen LogP) is 3.03. The molecule has 0 spiro atoms. The lowest BCUT2D eigenvalue weighted by Gasteiger charge is -2.18. The van der Waals surface area contributed by atoms with Crippen molar-refractivity contribution in [3.63, 3.8) is 0 Å². The van der Waals surface area contributed by atoms with Gasteiger partial charge in [0.25, 0.3) is 0 Å². The van der Waals surface area contributed by atoms with Gasteiger partial charge in [0.15, 0.2) is 0 Å². The van der Waals surface area contributed by atoms with Gasteiger partial charge < -0.3 is 14.8 Å². The lowest BCUT2D eigenvalue weighted by molar-refractivity contribution is 0.387. The highest BCUT2D eigenvalue weighted by molar-refractivity contribution is 6.33. The molecule has 0 aliphatic carbocycles. The van der Waals surface area contributed by atoms with Gasteiger partial charge in [-0.1, -0.05) is 18.5 Å². The van der Waals surface area contributed by atoms with Crippen molar-refractivity contribution >= 4 is 11.6 Å². The molecule has 4 heteroatoms. The quantitative estimate of drug-likeness (QED) is 0.862. The van der Waals surface area contributed by atoms with Crippen molar-refractivity contribution in [3.05, 3.63) is 22.7 Å². The van der Waals surface area contributed by atoms with Gasteiger partial charge in [0.2, 0.25) is 0 Å². The van der Waals surface area contributed by atoms with Crippen LogP contribution in [-0.4, -0.2) is 20.8 Å². The molecule has 0 aromatic heterocycles. The second-order valence-electron chi connectivity index (χ2n) is 3.48. The molecular formula is C12H18ClNO2. The highest BCUT2D eigenvalue weighted by atomic mass is 35.5. The Bertz CT molecular complexity index is 355. The van der Waals surface area contributed by atoms with Gasteiger partial charge in [0.05, 0.1) is 14.2 Å². The summed E-state index contributed by atoms with van der Waals surface area (Å²) in [6.45, 7) is 5.03. The minimum atomic E-state index is 0.198. The van der Waals surface area contributed by atoms with Crippen molar-refractivity contribution in [2.75, 3.05) is 20.8 Å². The Balaban J connectivity index is 3.14. The summed E-state index contributed by atoms with van der Waals surface area (Å²) in [5, 5.41) is 3.84. The highest BCUT2D eigenvalue weighted by Crippen LogP contribution is 2.39. The molecular weight excluding hydrogens is 226 g/mol. The fraction of sp³-hybridized carbons (Fsp3) is 0.500. The van der Waals surface area contributed by atoms with Gasteiger partial charge in [-0.05, 0) is 25.6 Å². The molecule has 0 aliphatic rings. The van der Waals surface area contributed by atoms with E-state index in [0.29, 0.717) is 16.5 Å². The fourth-order valence-electron chi connectivity index (χ4n) is 1.68. The molecule has 0 bridgehead atoms. The maximum Gasteiger partial charge on any atom is 0.146 e. The summed E-state index contributed by atoms with van der Waals surface area (Å²) >= 11 is 6.18. The van der Waals surface area contributed by atoms with Gasteiger partial charge >= 0.3 is 0 Å². The first kappa shape index (κ1) is 13.1. The van der Waals surface area contributed by atoms with Crippen LogP contribution in [0.1, 0.15) is 25.5 Å². The molecule has 0 aliphatic heterocycles. The average molecular weight is 244 g/mol. The van der Waals surface area contributed by atoms with Crippen molar-refractivity contribution in [1.82, 2.24) is 5.32 Å². The molecule has 1 rings (SSSR count). The van der Waals surface area contributed by atoms with E-state index in [-0.39, 0.29) is 6.04 Å². The highest BCUT2D eigenvalue weighted by Gasteiger charge is 2.16. The zero-order valence-corrected chi connectivity index (χ0v) is 10.9. The molecule has 0 saturated carbocycles. The van der Waals surface area contributed by atoms with Crippen LogP contribution in [0.15, 0.2) is 12.1 Å². The summed E-state index contributed by atoms with van der Waals surface area (Å²) in [6.07, 6.45) is 0. The van der Waals surface area contributed by atoms with E-state index in [2.05, 4.69) is 19.2 Å². The largest absolute Gasteiger partial charge is 0.495 e. The summed E-state index contributed by atoms with van der Waals surface area (Å²) in [4.78, 5) is 0. The van der Waals surface area contributed by atoms with E-state index >= 15 is 0 Å². The van der Waals surface area contributed by atoms with Gasteiger partial charge in [0, 0.05) is 11.6 Å². The van der Waals surface area contributed by atoms with E-state index in [4.69, 9.17) is 21.1 Å². The number of hydrogen-bond acceptors (Lipinski definition) is 3. The maximum absolute atomic E-state index is 6.18. The lowest BCUT2D eigenvalue weighted by atomic mass is 10.1. The van der Waals surface area contributed by atoms with Crippen LogP contribution >= 0.6 is 11.6 Å². The summed E-state index contributed by atoms with van der Waals surface area (Å²) in [5.41, 5.74) is 1.04. The summed E-state index contributed by atoms with van der Waals surface area (Å²) in [7, 11) is 3.21.